The molecular formula is C19H20N6O3S. The van der Waals surface area contributed by atoms with Crippen LogP contribution in [-0.2, 0) is 11.3 Å². The molecule has 2 aromatic heterocycles. The molecule has 3 aromatic rings. The Morgan fingerprint density at radius 3 is 2.55 bits per heavy atom. The smallest absolute Gasteiger partial charge is 0.293 e. The number of aromatic nitrogens is 4. The number of nitrogens with one attached hydrogen (secondary N) is 1. The molecule has 29 heavy (non-hydrogen) atoms. The number of nitro groups is 1. The van der Waals surface area contributed by atoms with Crippen molar-refractivity contribution in [1.82, 2.24) is 19.7 Å². The number of anilines is 1. The number of aryl methyl sites for hydroxylation is 2. The van der Waals surface area contributed by atoms with E-state index in [2.05, 4.69) is 20.5 Å². The van der Waals surface area contributed by atoms with Gasteiger partial charge in [0, 0.05) is 30.6 Å². The van der Waals surface area contributed by atoms with Crippen LogP contribution in [0.15, 0.2) is 41.8 Å². The number of rotatable bonds is 7. The first kappa shape index (κ1) is 20.5. The van der Waals surface area contributed by atoms with Crippen molar-refractivity contribution in [2.24, 2.45) is 0 Å². The lowest BCUT2D eigenvalue weighted by Gasteiger charge is -2.09. The van der Waals surface area contributed by atoms with Gasteiger partial charge in [-0.3, -0.25) is 19.9 Å². The average Bonchev–Trinajstić information content (AvgIpc) is 3.12. The van der Waals surface area contributed by atoms with E-state index in [0.29, 0.717) is 17.5 Å². The summed E-state index contributed by atoms with van der Waals surface area (Å²) in [6, 6.07) is 6.77. The molecule has 9 nitrogen and oxygen atoms in total. The summed E-state index contributed by atoms with van der Waals surface area (Å²) in [5.74, 6) is 0.401. The van der Waals surface area contributed by atoms with Crippen LogP contribution >= 0.6 is 11.8 Å². The van der Waals surface area contributed by atoms with E-state index in [1.165, 1.54) is 17.8 Å². The van der Waals surface area contributed by atoms with Gasteiger partial charge in [0.2, 0.25) is 5.91 Å². The molecule has 0 spiro atoms. The molecule has 3 rings (SSSR count). The van der Waals surface area contributed by atoms with Crippen molar-refractivity contribution in [3.63, 3.8) is 0 Å². The third kappa shape index (κ3) is 4.60. The highest BCUT2D eigenvalue weighted by Gasteiger charge is 2.19. The second-order valence-electron chi connectivity index (χ2n) is 6.33. The number of amides is 1. The van der Waals surface area contributed by atoms with Crippen LogP contribution in [-0.4, -0.2) is 36.3 Å². The number of nitro benzene ring substituents is 1. The average molecular weight is 412 g/mol. The van der Waals surface area contributed by atoms with Gasteiger partial charge in [-0.2, -0.15) is 0 Å². The molecule has 0 aliphatic heterocycles. The molecular weight excluding hydrogens is 392 g/mol. The lowest BCUT2D eigenvalue weighted by Crippen LogP contribution is -2.16. The van der Waals surface area contributed by atoms with Crippen LogP contribution in [0.3, 0.4) is 0 Å². The molecule has 2 heterocycles. The normalized spacial score (nSPS) is 10.7. The largest absolute Gasteiger partial charge is 0.320 e. The Labute approximate surface area is 171 Å². The first-order valence-electron chi connectivity index (χ1n) is 8.92. The number of carbonyl (C=O) groups is 1. The van der Waals surface area contributed by atoms with Crippen molar-refractivity contribution in [1.29, 1.82) is 0 Å². The van der Waals surface area contributed by atoms with Gasteiger partial charge in [-0.15, -0.1) is 10.2 Å². The maximum Gasteiger partial charge on any atom is 0.293 e. The van der Waals surface area contributed by atoms with Crippen LogP contribution in [0.2, 0.25) is 0 Å². The highest BCUT2D eigenvalue weighted by atomic mass is 32.2. The topological polar surface area (TPSA) is 116 Å². The molecule has 0 unspecified atom stereocenters. The summed E-state index contributed by atoms with van der Waals surface area (Å²) in [7, 11) is 0. The van der Waals surface area contributed by atoms with E-state index in [1.807, 2.05) is 30.5 Å². The van der Waals surface area contributed by atoms with Crippen molar-refractivity contribution in [2.75, 3.05) is 11.1 Å². The zero-order valence-electron chi connectivity index (χ0n) is 16.2. The predicted octanol–water partition coefficient (Wildman–Crippen LogP) is 3.62. The monoisotopic (exact) mass is 412 g/mol. The summed E-state index contributed by atoms with van der Waals surface area (Å²) >= 11 is 1.23. The van der Waals surface area contributed by atoms with Crippen molar-refractivity contribution in [3.05, 3.63) is 57.9 Å². The number of nitrogens with zero attached hydrogens (tertiary/aromatic N) is 5. The van der Waals surface area contributed by atoms with Gasteiger partial charge in [-0.25, -0.2) is 0 Å². The standard InChI is InChI=1S/C19H20N6O3S/c1-4-24-18(14-5-7-20-8-6-14)22-23-19(24)29-11-17(26)21-15-9-12(2)13(3)10-16(15)25(27)28/h5-10H,4,11H2,1-3H3,(H,21,26). The van der Waals surface area contributed by atoms with E-state index < -0.39 is 4.92 Å². The van der Waals surface area contributed by atoms with Gasteiger partial charge in [0.1, 0.15) is 5.69 Å². The van der Waals surface area contributed by atoms with Gasteiger partial charge >= 0.3 is 0 Å². The molecule has 0 radical (unpaired) electrons. The number of hydrogen-bond acceptors (Lipinski definition) is 7. The molecule has 0 bridgehead atoms. The lowest BCUT2D eigenvalue weighted by atomic mass is 10.1. The number of pyridine rings is 1. The Morgan fingerprint density at radius 1 is 1.21 bits per heavy atom. The van der Waals surface area contributed by atoms with Crippen molar-refractivity contribution < 1.29 is 9.72 Å². The highest BCUT2D eigenvalue weighted by Crippen LogP contribution is 2.29. The van der Waals surface area contributed by atoms with Gasteiger partial charge in [-0.05, 0) is 50.1 Å². The van der Waals surface area contributed by atoms with Crippen LogP contribution in [0.25, 0.3) is 11.4 Å². The number of benzene rings is 1. The highest BCUT2D eigenvalue weighted by molar-refractivity contribution is 7.99. The van der Waals surface area contributed by atoms with E-state index >= 15 is 0 Å². The molecule has 0 atom stereocenters. The number of hydrogen-bond donors (Lipinski definition) is 1. The Bertz CT molecular complexity index is 1050. The summed E-state index contributed by atoms with van der Waals surface area (Å²) in [6.45, 7) is 6.24. The van der Waals surface area contributed by atoms with E-state index in [-0.39, 0.29) is 23.0 Å². The van der Waals surface area contributed by atoms with Gasteiger partial charge in [-0.1, -0.05) is 11.8 Å². The van der Waals surface area contributed by atoms with Crippen LogP contribution < -0.4 is 5.32 Å². The SMILES string of the molecule is CCn1c(SCC(=O)Nc2cc(C)c(C)cc2[N+](=O)[O-])nnc1-c1ccncc1. The van der Waals surface area contributed by atoms with Gasteiger partial charge in [0.25, 0.3) is 5.69 Å². The van der Waals surface area contributed by atoms with E-state index in [9.17, 15) is 14.9 Å². The summed E-state index contributed by atoms with van der Waals surface area (Å²) in [5.41, 5.74) is 2.62. The van der Waals surface area contributed by atoms with Crippen molar-refractivity contribution in [3.8, 4) is 11.4 Å². The molecule has 150 valence electrons. The first-order valence-corrected chi connectivity index (χ1v) is 9.91. The fourth-order valence-electron chi connectivity index (χ4n) is 2.76. The second-order valence-corrected chi connectivity index (χ2v) is 7.28. The maximum atomic E-state index is 12.4. The molecule has 1 aromatic carbocycles. The van der Waals surface area contributed by atoms with E-state index in [0.717, 1.165) is 16.7 Å². The van der Waals surface area contributed by atoms with E-state index in [4.69, 9.17) is 0 Å². The summed E-state index contributed by atoms with van der Waals surface area (Å²) in [5, 5.41) is 22.9. The minimum atomic E-state index is -0.496. The predicted molar refractivity (Wildman–Crippen MR) is 111 cm³/mol. The molecule has 0 fully saturated rings. The van der Waals surface area contributed by atoms with Crippen LogP contribution in [0.5, 0.6) is 0 Å². The summed E-state index contributed by atoms with van der Waals surface area (Å²) in [6.07, 6.45) is 3.36. The van der Waals surface area contributed by atoms with Crippen LogP contribution in [0, 0.1) is 24.0 Å². The molecule has 1 N–H and O–H groups in total. The van der Waals surface area contributed by atoms with Gasteiger partial charge < -0.3 is 9.88 Å². The summed E-state index contributed by atoms with van der Waals surface area (Å²) in [4.78, 5) is 27.2. The fraction of sp³-hybridized carbons (Fsp3) is 0.263. The van der Waals surface area contributed by atoms with Gasteiger partial charge in [0.15, 0.2) is 11.0 Å². The first-order chi connectivity index (χ1) is 13.9. The molecule has 10 heteroatoms. The van der Waals surface area contributed by atoms with Crippen LogP contribution in [0.1, 0.15) is 18.1 Å². The maximum absolute atomic E-state index is 12.4. The minimum absolute atomic E-state index is 0.0541. The lowest BCUT2D eigenvalue weighted by molar-refractivity contribution is -0.384. The zero-order valence-corrected chi connectivity index (χ0v) is 17.1. The molecule has 0 saturated carbocycles. The zero-order chi connectivity index (χ0) is 21.0. The Kier molecular flexibility index (Phi) is 6.23. The molecule has 0 aliphatic carbocycles. The van der Waals surface area contributed by atoms with Crippen LogP contribution in [0.4, 0.5) is 11.4 Å². The Morgan fingerprint density at radius 2 is 1.90 bits per heavy atom. The quantitative estimate of drug-likeness (QED) is 0.358. The van der Waals surface area contributed by atoms with E-state index in [1.54, 1.807) is 25.4 Å². The Balaban J connectivity index is 1.73. The molecule has 1 amide bonds. The summed E-state index contributed by atoms with van der Waals surface area (Å²) < 4.78 is 1.91. The van der Waals surface area contributed by atoms with Crippen molar-refractivity contribution >= 4 is 29.0 Å². The fourth-order valence-corrected chi connectivity index (χ4v) is 3.57. The minimum Gasteiger partial charge on any atom is -0.320 e. The Hall–Kier alpha value is -3.27. The molecule has 0 saturated heterocycles. The molecule has 0 aliphatic rings. The third-order valence-electron chi connectivity index (χ3n) is 4.39. The second kappa shape index (κ2) is 8.82. The van der Waals surface area contributed by atoms with Gasteiger partial charge in [0.05, 0.1) is 10.7 Å². The number of thioether (sulfide) groups is 1. The third-order valence-corrected chi connectivity index (χ3v) is 5.35. The van der Waals surface area contributed by atoms with Crippen molar-refractivity contribution in [2.45, 2.75) is 32.5 Å². The number of carbonyl (C=O) groups excluding carboxylic acids is 1.